The predicted molar refractivity (Wildman–Crippen MR) is 81.3 cm³/mol. The number of nitrogens with zero attached hydrogens (tertiary/aromatic N) is 2. The first-order valence-electron chi connectivity index (χ1n) is 5.58. The van der Waals surface area contributed by atoms with Crippen LogP contribution in [0.4, 0.5) is 21.8 Å². The Kier molecular flexibility index (Phi) is 4.71. The van der Waals surface area contributed by atoms with Gasteiger partial charge in [0.15, 0.2) is 0 Å². The minimum absolute atomic E-state index is 0.317. The Morgan fingerprint density at radius 2 is 2.05 bits per heavy atom. The number of benzene rings is 1. The summed E-state index contributed by atoms with van der Waals surface area (Å²) in [5.41, 5.74) is 0.599. The number of hydrogen-bond acceptors (Lipinski definition) is 4. The summed E-state index contributed by atoms with van der Waals surface area (Å²) < 4.78 is 14.7. The average Bonchev–Trinajstić information content (AvgIpc) is 2.38. The lowest BCUT2D eigenvalue weighted by Gasteiger charge is -2.11. The summed E-state index contributed by atoms with van der Waals surface area (Å²) >= 11 is 6.72. The minimum atomic E-state index is -0.317. The van der Waals surface area contributed by atoms with Gasteiger partial charge >= 0.3 is 0 Å². The normalized spacial score (nSPS) is 10.3. The molecule has 0 spiro atoms. The quantitative estimate of drug-likeness (QED) is 0.817. The Balaban J connectivity index is 2.31. The van der Waals surface area contributed by atoms with Crippen molar-refractivity contribution in [2.45, 2.75) is 6.92 Å². The van der Waals surface area contributed by atoms with Crippen molar-refractivity contribution in [3.63, 3.8) is 0 Å². The summed E-state index contributed by atoms with van der Waals surface area (Å²) in [5, 5.41) is 6.07. The van der Waals surface area contributed by atoms with Crippen molar-refractivity contribution >= 4 is 49.3 Å². The summed E-state index contributed by atoms with van der Waals surface area (Å²) in [6.45, 7) is 2.69. The van der Waals surface area contributed by atoms with Crippen molar-refractivity contribution in [1.29, 1.82) is 0 Å². The van der Waals surface area contributed by atoms with E-state index in [1.807, 2.05) is 6.92 Å². The second kappa shape index (κ2) is 6.29. The van der Waals surface area contributed by atoms with Crippen LogP contribution in [0.15, 0.2) is 33.3 Å². The molecule has 0 fully saturated rings. The molecule has 19 heavy (non-hydrogen) atoms. The Hall–Kier alpha value is -1.21. The Morgan fingerprint density at radius 3 is 2.79 bits per heavy atom. The smallest absolute Gasteiger partial charge is 0.224 e. The molecule has 1 heterocycles. The zero-order chi connectivity index (χ0) is 13.8. The van der Waals surface area contributed by atoms with Gasteiger partial charge < -0.3 is 10.6 Å². The van der Waals surface area contributed by atoms with Gasteiger partial charge in [-0.15, -0.1) is 0 Å². The van der Waals surface area contributed by atoms with Crippen LogP contribution in [0.3, 0.4) is 0 Å². The van der Waals surface area contributed by atoms with Gasteiger partial charge in [0.2, 0.25) is 5.95 Å². The highest BCUT2D eigenvalue weighted by Crippen LogP contribution is 2.29. The maximum absolute atomic E-state index is 13.2. The molecule has 4 nitrogen and oxygen atoms in total. The Morgan fingerprint density at radius 1 is 1.26 bits per heavy atom. The van der Waals surface area contributed by atoms with Crippen molar-refractivity contribution in [2.75, 3.05) is 17.2 Å². The highest BCUT2D eigenvalue weighted by atomic mass is 79.9. The summed E-state index contributed by atoms with van der Waals surface area (Å²) in [5.74, 6) is 0.765. The van der Waals surface area contributed by atoms with E-state index in [-0.39, 0.29) is 5.82 Å². The molecule has 0 aliphatic rings. The lowest BCUT2D eigenvalue weighted by Crippen LogP contribution is -2.04. The molecular weight excluding hydrogens is 379 g/mol. The van der Waals surface area contributed by atoms with Gasteiger partial charge in [0.25, 0.3) is 0 Å². The van der Waals surface area contributed by atoms with Crippen molar-refractivity contribution in [3.8, 4) is 0 Å². The zero-order valence-corrected chi connectivity index (χ0v) is 13.2. The number of hydrogen-bond donors (Lipinski definition) is 2. The molecule has 0 atom stereocenters. The predicted octanol–water partition coefficient (Wildman–Crippen LogP) is 4.32. The van der Waals surface area contributed by atoms with Gasteiger partial charge in [0.05, 0.1) is 10.2 Å². The molecule has 1 aromatic heterocycles. The van der Waals surface area contributed by atoms with E-state index in [0.717, 1.165) is 11.0 Å². The summed E-state index contributed by atoms with van der Waals surface area (Å²) in [4.78, 5) is 8.42. The van der Waals surface area contributed by atoms with Gasteiger partial charge in [0.1, 0.15) is 11.6 Å². The van der Waals surface area contributed by atoms with Gasteiger partial charge in [-0.1, -0.05) is 0 Å². The fraction of sp³-hybridized carbons (Fsp3) is 0.167. The molecule has 2 aromatic rings. The van der Waals surface area contributed by atoms with E-state index in [0.29, 0.717) is 21.9 Å². The molecule has 2 rings (SSSR count). The second-order valence-corrected chi connectivity index (χ2v) is 5.38. The molecule has 0 aliphatic heterocycles. The standard InChI is InChI=1S/C12H11Br2FN4/c1-2-16-12-17-6-9(14)11(19-12)18-10-5-7(15)3-4-8(10)13/h3-6H,2H2,1H3,(H2,16,17,18,19). The van der Waals surface area contributed by atoms with Crippen molar-refractivity contribution < 1.29 is 4.39 Å². The zero-order valence-electron chi connectivity index (χ0n) is 10.0. The molecule has 0 aliphatic carbocycles. The summed E-state index contributed by atoms with van der Waals surface area (Å²) in [6, 6.07) is 4.41. The van der Waals surface area contributed by atoms with Crippen LogP contribution in [-0.2, 0) is 0 Å². The molecule has 0 radical (unpaired) electrons. The molecule has 1 aromatic carbocycles. The van der Waals surface area contributed by atoms with E-state index in [4.69, 9.17) is 0 Å². The fourth-order valence-corrected chi connectivity index (χ4v) is 2.05. The lowest BCUT2D eigenvalue weighted by atomic mass is 10.3. The molecular formula is C12H11Br2FN4. The van der Waals surface area contributed by atoms with E-state index in [9.17, 15) is 4.39 Å². The monoisotopic (exact) mass is 388 g/mol. The molecule has 0 bridgehead atoms. The van der Waals surface area contributed by atoms with Gasteiger partial charge in [-0.25, -0.2) is 9.37 Å². The molecule has 100 valence electrons. The van der Waals surface area contributed by atoms with Gasteiger partial charge in [-0.2, -0.15) is 4.98 Å². The molecule has 0 amide bonds. The largest absolute Gasteiger partial charge is 0.354 e. The Labute approximate surface area is 127 Å². The third-order valence-corrected chi connectivity index (χ3v) is 3.53. The summed E-state index contributed by atoms with van der Waals surface area (Å²) in [7, 11) is 0. The maximum atomic E-state index is 13.2. The van der Waals surface area contributed by atoms with Crippen LogP contribution in [-0.4, -0.2) is 16.5 Å². The number of aromatic nitrogens is 2. The van der Waals surface area contributed by atoms with Crippen LogP contribution in [0.25, 0.3) is 0 Å². The lowest BCUT2D eigenvalue weighted by molar-refractivity contribution is 0.628. The molecule has 0 unspecified atom stereocenters. The van der Waals surface area contributed by atoms with Crippen molar-refractivity contribution in [3.05, 3.63) is 39.2 Å². The maximum Gasteiger partial charge on any atom is 0.224 e. The third-order valence-electron chi connectivity index (χ3n) is 2.26. The van der Waals surface area contributed by atoms with Crippen LogP contribution < -0.4 is 10.6 Å². The highest BCUT2D eigenvalue weighted by Gasteiger charge is 2.08. The topological polar surface area (TPSA) is 49.8 Å². The van der Waals surface area contributed by atoms with E-state index in [2.05, 4.69) is 52.5 Å². The van der Waals surface area contributed by atoms with Crippen LogP contribution >= 0.6 is 31.9 Å². The second-order valence-electron chi connectivity index (χ2n) is 3.67. The van der Waals surface area contributed by atoms with Crippen LogP contribution in [0.5, 0.6) is 0 Å². The number of nitrogens with one attached hydrogen (secondary N) is 2. The summed E-state index contributed by atoms with van der Waals surface area (Å²) in [6.07, 6.45) is 1.64. The van der Waals surface area contributed by atoms with E-state index < -0.39 is 0 Å². The van der Waals surface area contributed by atoms with E-state index in [1.165, 1.54) is 12.1 Å². The molecule has 0 saturated heterocycles. The number of rotatable bonds is 4. The SMILES string of the molecule is CCNc1ncc(Br)c(Nc2cc(F)ccc2Br)n1. The molecule has 2 N–H and O–H groups in total. The third kappa shape index (κ3) is 3.63. The first-order chi connectivity index (χ1) is 9.10. The number of halogens is 3. The average molecular weight is 390 g/mol. The van der Waals surface area contributed by atoms with Gasteiger partial charge in [0, 0.05) is 17.2 Å². The van der Waals surface area contributed by atoms with Crippen LogP contribution in [0.2, 0.25) is 0 Å². The van der Waals surface area contributed by atoms with Gasteiger partial charge in [-0.05, 0) is 57.0 Å². The van der Waals surface area contributed by atoms with Crippen LogP contribution in [0, 0.1) is 5.82 Å². The van der Waals surface area contributed by atoms with Gasteiger partial charge in [-0.3, -0.25) is 0 Å². The molecule has 0 saturated carbocycles. The minimum Gasteiger partial charge on any atom is -0.354 e. The number of anilines is 3. The van der Waals surface area contributed by atoms with Crippen LogP contribution in [0.1, 0.15) is 6.92 Å². The fourth-order valence-electron chi connectivity index (χ4n) is 1.42. The first-order valence-corrected chi connectivity index (χ1v) is 7.17. The van der Waals surface area contributed by atoms with Crippen molar-refractivity contribution in [1.82, 2.24) is 9.97 Å². The first kappa shape index (κ1) is 14.2. The molecule has 7 heteroatoms. The van der Waals surface area contributed by atoms with Crippen molar-refractivity contribution in [2.24, 2.45) is 0 Å². The van der Waals surface area contributed by atoms with E-state index in [1.54, 1.807) is 12.3 Å². The van der Waals surface area contributed by atoms with E-state index >= 15 is 0 Å². The Bertz CT molecular complexity index is 592. The highest BCUT2D eigenvalue weighted by molar-refractivity contribution is 9.11.